The molecule has 0 saturated carbocycles. The van der Waals surface area contributed by atoms with Crippen LogP contribution in [-0.4, -0.2) is 14.0 Å². The van der Waals surface area contributed by atoms with Crippen molar-refractivity contribution in [2.24, 2.45) is 0 Å². The minimum atomic E-state index is 0.955. The smallest absolute Gasteiger partial charge is 0.156 e. The topological polar surface area (TPSA) is 22.2 Å². The molecule has 0 saturated heterocycles. The zero-order chi connectivity index (χ0) is 22.7. The molecule has 0 unspecified atom stereocenters. The number of benzene rings is 3. The summed E-state index contributed by atoms with van der Waals surface area (Å²) in [4.78, 5) is 5.11. The molecule has 0 aliphatic heterocycles. The maximum atomic E-state index is 5.11. The number of imidazole rings is 1. The highest BCUT2D eigenvalue weighted by Crippen LogP contribution is 2.35. The van der Waals surface area contributed by atoms with Crippen LogP contribution in [0, 0.1) is 20.8 Å². The van der Waals surface area contributed by atoms with Crippen LogP contribution in [0.1, 0.15) is 22.5 Å². The molecular weight excluding hydrogens is 402 g/mol. The van der Waals surface area contributed by atoms with Gasteiger partial charge in [-0.25, -0.2) is 4.98 Å². The van der Waals surface area contributed by atoms with E-state index >= 15 is 0 Å². The number of hydrogen-bond acceptors (Lipinski definition) is 1. The molecule has 0 spiro atoms. The molecule has 0 radical (unpaired) electrons. The van der Waals surface area contributed by atoms with Crippen LogP contribution in [0.25, 0.3) is 50.3 Å². The Morgan fingerprint density at radius 1 is 0.758 bits per heavy atom. The standard InChI is InChI=1S/C30H25N3/c1-5-22-12-14-23(15-13-22)24-16-19(2)29-27(17-24)25-8-6-7-9-26(25)30-31-28(18-32(29)30)33-20(3)10-11-21(33)4/h5-18H,1H2,2-4H3. The van der Waals surface area contributed by atoms with Gasteiger partial charge >= 0.3 is 0 Å². The first-order chi connectivity index (χ1) is 16.0. The lowest BCUT2D eigenvalue weighted by Crippen LogP contribution is -1.98. The summed E-state index contributed by atoms with van der Waals surface area (Å²) in [6.45, 7) is 10.3. The monoisotopic (exact) mass is 427 g/mol. The zero-order valence-corrected chi connectivity index (χ0v) is 19.1. The molecule has 160 valence electrons. The Labute approximate surface area is 193 Å². The Morgan fingerprint density at radius 2 is 1.45 bits per heavy atom. The van der Waals surface area contributed by atoms with Gasteiger partial charge in [0.2, 0.25) is 0 Å². The number of rotatable bonds is 3. The third kappa shape index (κ3) is 2.93. The summed E-state index contributed by atoms with van der Waals surface area (Å²) in [6.07, 6.45) is 4.06. The lowest BCUT2D eigenvalue weighted by atomic mass is 9.96. The van der Waals surface area contributed by atoms with Gasteiger partial charge in [0.05, 0.1) is 11.7 Å². The van der Waals surface area contributed by atoms with Gasteiger partial charge in [-0.1, -0.05) is 61.2 Å². The average Bonchev–Trinajstić information content (AvgIpc) is 3.41. The van der Waals surface area contributed by atoms with E-state index in [0.717, 1.165) is 22.4 Å². The van der Waals surface area contributed by atoms with E-state index in [1.807, 2.05) is 6.08 Å². The predicted molar refractivity (Wildman–Crippen MR) is 139 cm³/mol. The van der Waals surface area contributed by atoms with Gasteiger partial charge in [0.1, 0.15) is 5.65 Å². The molecule has 3 heteroatoms. The zero-order valence-electron chi connectivity index (χ0n) is 19.1. The summed E-state index contributed by atoms with van der Waals surface area (Å²) in [5.74, 6) is 0.955. The largest absolute Gasteiger partial charge is 0.302 e. The van der Waals surface area contributed by atoms with Crippen LogP contribution < -0.4 is 0 Å². The van der Waals surface area contributed by atoms with Crippen LogP contribution in [-0.2, 0) is 0 Å². The summed E-state index contributed by atoms with van der Waals surface area (Å²) in [5.41, 5.74) is 9.36. The minimum Gasteiger partial charge on any atom is -0.302 e. The van der Waals surface area contributed by atoms with E-state index < -0.39 is 0 Å². The molecule has 3 heterocycles. The highest BCUT2D eigenvalue weighted by Gasteiger charge is 2.16. The van der Waals surface area contributed by atoms with E-state index in [9.17, 15) is 0 Å². The molecular formula is C30H25N3. The molecule has 3 aromatic heterocycles. The molecule has 6 aromatic rings. The number of hydrogen-bond donors (Lipinski definition) is 0. The van der Waals surface area contributed by atoms with Crippen molar-refractivity contribution in [2.75, 3.05) is 0 Å². The van der Waals surface area contributed by atoms with E-state index in [1.165, 1.54) is 44.4 Å². The highest BCUT2D eigenvalue weighted by atomic mass is 15.1. The summed E-state index contributed by atoms with van der Waals surface area (Å²) in [6, 6.07) is 26.1. The van der Waals surface area contributed by atoms with Crippen LogP contribution in [0.15, 0.2) is 85.6 Å². The molecule has 3 nitrogen and oxygen atoms in total. The maximum Gasteiger partial charge on any atom is 0.156 e. The van der Waals surface area contributed by atoms with Gasteiger partial charge < -0.3 is 4.57 Å². The molecule has 0 fully saturated rings. The van der Waals surface area contributed by atoms with Crippen molar-refractivity contribution in [1.82, 2.24) is 14.0 Å². The second-order valence-electron chi connectivity index (χ2n) is 8.81. The van der Waals surface area contributed by atoms with Crippen LogP contribution in [0.5, 0.6) is 0 Å². The van der Waals surface area contributed by atoms with Crippen molar-refractivity contribution in [3.05, 3.63) is 108 Å². The summed E-state index contributed by atoms with van der Waals surface area (Å²) in [7, 11) is 0. The summed E-state index contributed by atoms with van der Waals surface area (Å²) in [5, 5.41) is 3.63. The summed E-state index contributed by atoms with van der Waals surface area (Å²) >= 11 is 0. The molecule has 0 aliphatic carbocycles. The highest BCUT2D eigenvalue weighted by molar-refractivity contribution is 6.13. The fraction of sp³-hybridized carbons (Fsp3) is 0.100. The van der Waals surface area contributed by atoms with Crippen molar-refractivity contribution in [2.45, 2.75) is 20.8 Å². The molecule has 3 aromatic carbocycles. The van der Waals surface area contributed by atoms with E-state index in [4.69, 9.17) is 4.98 Å². The Hall–Kier alpha value is -4.11. The number of fused-ring (bicyclic) bond motifs is 6. The van der Waals surface area contributed by atoms with E-state index in [-0.39, 0.29) is 0 Å². The minimum absolute atomic E-state index is 0.955. The first-order valence-corrected chi connectivity index (χ1v) is 11.3. The molecule has 33 heavy (non-hydrogen) atoms. The molecule has 0 amide bonds. The van der Waals surface area contributed by atoms with Gasteiger partial charge in [-0.3, -0.25) is 4.40 Å². The number of nitrogens with zero attached hydrogens (tertiary/aromatic N) is 3. The van der Waals surface area contributed by atoms with Gasteiger partial charge in [0.25, 0.3) is 0 Å². The Balaban J connectivity index is 1.70. The second-order valence-corrected chi connectivity index (χ2v) is 8.81. The fourth-order valence-electron chi connectivity index (χ4n) is 5.06. The maximum absolute atomic E-state index is 5.11. The first kappa shape index (κ1) is 19.6. The van der Waals surface area contributed by atoms with Crippen molar-refractivity contribution in [3.63, 3.8) is 0 Å². The van der Waals surface area contributed by atoms with Crippen LogP contribution in [0.3, 0.4) is 0 Å². The number of aryl methyl sites for hydroxylation is 3. The quantitative estimate of drug-likeness (QED) is 0.266. The van der Waals surface area contributed by atoms with Gasteiger partial charge in [-0.2, -0.15) is 0 Å². The number of aromatic nitrogens is 3. The van der Waals surface area contributed by atoms with Gasteiger partial charge in [0, 0.05) is 22.2 Å². The number of pyridine rings is 1. The second kappa shape index (κ2) is 7.21. The SMILES string of the molecule is C=Cc1ccc(-c2cc(C)c3c(c2)c2ccccc2c2nc(-n4c(C)ccc4C)cn23)cc1. The lowest BCUT2D eigenvalue weighted by Gasteiger charge is -2.13. The fourth-order valence-corrected chi connectivity index (χ4v) is 5.06. The van der Waals surface area contributed by atoms with Crippen LogP contribution in [0.2, 0.25) is 0 Å². The van der Waals surface area contributed by atoms with Gasteiger partial charge in [-0.15, -0.1) is 0 Å². The van der Waals surface area contributed by atoms with Crippen LogP contribution >= 0.6 is 0 Å². The molecule has 0 bridgehead atoms. The van der Waals surface area contributed by atoms with E-state index in [2.05, 4.69) is 115 Å². The predicted octanol–water partition coefficient (Wildman–Crippen LogP) is 7.67. The summed E-state index contributed by atoms with van der Waals surface area (Å²) < 4.78 is 4.49. The van der Waals surface area contributed by atoms with Crippen molar-refractivity contribution in [1.29, 1.82) is 0 Å². The van der Waals surface area contributed by atoms with Gasteiger partial charge in [-0.05, 0) is 72.7 Å². The Morgan fingerprint density at radius 3 is 2.15 bits per heavy atom. The molecule has 0 aliphatic rings. The lowest BCUT2D eigenvalue weighted by molar-refractivity contribution is 0.935. The Kier molecular flexibility index (Phi) is 4.27. The molecule has 0 atom stereocenters. The van der Waals surface area contributed by atoms with Gasteiger partial charge in [0.15, 0.2) is 5.82 Å². The third-order valence-electron chi connectivity index (χ3n) is 6.67. The first-order valence-electron chi connectivity index (χ1n) is 11.3. The van der Waals surface area contributed by atoms with E-state index in [0.29, 0.717) is 0 Å². The van der Waals surface area contributed by atoms with Crippen LogP contribution in [0.4, 0.5) is 0 Å². The van der Waals surface area contributed by atoms with Crippen molar-refractivity contribution < 1.29 is 0 Å². The molecule has 6 rings (SSSR count). The van der Waals surface area contributed by atoms with Crippen molar-refractivity contribution >= 4 is 33.4 Å². The normalized spacial score (nSPS) is 11.6. The third-order valence-corrected chi connectivity index (χ3v) is 6.67. The Bertz CT molecular complexity index is 1680. The van der Waals surface area contributed by atoms with E-state index in [1.54, 1.807) is 0 Å². The van der Waals surface area contributed by atoms with Crippen molar-refractivity contribution in [3.8, 4) is 16.9 Å². The molecule has 0 N–H and O–H groups in total. The average molecular weight is 428 g/mol.